The highest BCUT2D eigenvalue weighted by Gasteiger charge is 2.37. The number of aliphatic carboxylic acids is 1. The molecule has 14 heteroatoms. The van der Waals surface area contributed by atoms with E-state index in [9.17, 15) is 45.8 Å². The third kappa shape index (κ3) is 9.72. The summed E-state index contributed by atoms with van der Waals surface area (Å²) in [5, 5.41) is 11.0. The number of aldehydes is 1. The van der Waals surface area contributed by atoms with Gasteiger partial charge in [-0.3, -0.25) is 9.69 Å². The van der Waals surface area contributed by atoms with Crippen LogP contribution in [0.2, 0.25) is 0 Å². The number of halogens is 6. The monoisotopic (exact) mass is 602 g/mol. The molecule has 2 N–H and O–H groups in total. The number of benzene rings is 2. The van der Waals surface area contributed by atoms with Crippen molar-refractivity contribution in [3.63, 3.8) is 0 Å². The van der Waals surface area contributed by atoms with Gasteiger partial charge in [0.15, 0.2) is 0 Å². The van der Waals surface area contributed by atoms with Gasteiger partial charge >= 0.3 is 12.4 Å². The molecule has 1 heterocycles. The summed E-state index contributed by atoms with van der Waals surface area (Å²) in [6.07, 6.45) is -11.5. The number of carbonyl (C=O) groups excluding carboxylic acids is 3. The van der Waals surface area contributed by atoms with Crippen LogP contribution in [0.3, 0.4) is 0 Å². The number of hydrogen-bond acceptors (Lipinski definition) is 7. The number of carboxylic acid groups (broad SMARTS) is 1. The van der Waals surface area contributed by atoms with Crippen molar-refractivity contribution in [3.8, 4) is 5.75 Å². The Hall–Kier alpha value is -3.65. The summed E-state index contributed by atoms with van der Waals surface area (Å²) in [5.41, 5.74) is 7.89. The van der Waals surface area contributed by atoms with E-state index in [-0.39, 0.29) is 26.1 Å². The summed E-state index contributed by atoms with van der Waals surface area (Å²) >= 11 is 0. The Bertz CT molecular complexity index is 1220. The van der Waals surface area contributed by atoms with E-state index in [1.807, 2.05) is 0 Å². The first-order valence-corrected chi connectivity index (χ1v) is 13.1. The maximum atomic E-state index is 13.1. The fourth-order valence-corrected chi connectivity index (χ4v) is 4.64. The Morgan fingerprint density at radius 1 is 1.02 bits per heavy atom. The zero-order chi connectivity index (χ0) is 31.1. The quantitative estimate of drug-likeness (QED) is 0.246. The van der Waals surface area contributed by atoms with Crippen LogP contribution in [0.4, 0.5) is 26.3 Å². The molecule has 0 aromatic heterocycles. The van der Waals surface area contributed by atoms with Crippen LogP contribution in [0.15, 0.2) is 42.5 Å². The Labute approximate surface area is 238 Å². The van der Waals surface area contributed by atoms with Crippen molar-refractivity contribution in [1.29, 1.82) is 0 Å². The number of rotatable bonds is 15. The molecule has 1 amide bonds. The highest BCUT2D eigenvalue weighted by molar-refractivity contribution is 5.99. The Kier molecular flexibility index (Phi) is 11.0. The SMILES string of the molecule is NC(C=O)C(CCC(=O)[O-])N1Cc2c(OCc3ccc(CN(CCC(F)(F)F)CCC(F)(F)F)cc3)cccc2C1=O. The van der Waals surface area contributed by atoms with Crippen LogP contribution in [0.1, 0.15) is 52.7 Å². The van der Waals surface area contributed by atoms with Gasteiger partial charge in [0, 0.05) is 36.7 Å². The van der Waals surface area contributed by atoms with Crippen molar-refractivity contribution in [1.82, 2.24) is 9.80 Å². The minimum Gasteiger partial charge on any atom is -0.550 e. The normalized spacial score (nSPS) is 15.0. The standard InChI is InChI=1S/C28H31F6N3O5/c29-27(30,31)10-12-36(13-11-28(32,33)34)14-18-4-6-19(7-5-18)17-42-24-3-1-2-20-21(24)15-37(26(20)41)23(22(35)16-38)8-9-25(39)40/h1-7,16,22-23H,8-15,17,35H2,(H,39,40)/p-1. The molecule has 2 aromatic carbocycles. The molecule has 42 heavy (non-hydrogen) atoms. The molecule has 8 nitrogen and oxygen atoms in total. The second-order valence-electron chi connectivity index (χ2n) is 10.0. The minimum absolute atomic E-state index is 0.0359. The lowest BCUT2D eigenvalue weighted by atomic mass is 10.0. The first kappa shape index (κ1) is 32.9. The summed E-state index contributed by atoms with van der Waals surface area (Å²) in [7, 11) is 0. The van der Waals surface area contributed by atoms with Gasteiger partial charge in [-0.05, 0) is 36.1 Å². The van der Waals surface area contributed by atoms with Crippen LogP contribution in [0.5, 0.6) is 5.75 Å². The molecule has 1 aliphatic heterocycles. The number of carboxylic acids is 1. The molecular weight excluding hydrogens is 572 g/mol. The van der Waals surface area contributed by atoms with Gasteiger partial charge in [-0.15, -0.1) is 0 Å². The van der Waals surface area contributed by atoms with Crippen molar-refractivity contribution in [2.75, 3.05) is 13.1 Å². The zero-order valence-electron chi connectivity index (χ0n) is 22.4. The first-order chi connectivity index (χ1) is 19.7. The lowest BCUT2D eigenvalue weighted by Crippen LogP contribution is -2.49. The second-order valence-corrected chi connectivity index (χ2v) is 10.0. The lowest BCUT2D eigenvalue weighted by molar-refractivity contribution is -0.306. The average Bonchev–Trinajstić information content (AvgIpc) is 3.25. The van der Waals surface area contributed by atoms with E-state index in [1.165, 1.54) is 4.90 Å². The van der Waals surface area contributed by atoms with Crippen molar-refractivity contribution >= 4 is 18.2 Å². The molecular formula is C28H30F6N3O5-. The average molecular weight is 603 g/mol. The van der Waals surface area contributed by atoms with Crippen LogP contribution in [-0.2, 0) is 29.3 Å². The molecule has 0 spiro atoms. The number of ether oxygens (including phenoxy) is 1. The number of hydrogen-bond donors (Lipinski definition) is 1. The van der Waals surface area contributed by atoms with E-state index in [0.29, 0.717) is 34.3 Å². The third-order valence-electron chi connectivity index (χ3n) is 6.85. The molecule has 0 bridgehead atoms. The molecule has 0 saturated carbocycles. The third-order valence-corrected chi connectivity index (χ3v) is 6.85. The predicted octanol–water partition coefficient (Wildman–Crippen LogP) is 3.35. The van der Waals surface area contributed by atoms with Crippen LogP contribution in [0, 0.1) is 0 Å². The molecule has 2 atom stereocenters. The molecule has 0 radical (unpaired) electrons. The predicted molar refractivity (Wildman–Crippen MR) is 136 cm³/mol. The van der Waals surface area contributed by atoms with Crippen molar-refractivity contribution in [2.24, 2.45) is 5.73 Å². The van der Waals surface area contributed by atoms with E-state index in [4.69, 9.17) is 10.5 Å². The van der Waals surface area contributed by atoms with E-state index < -0.39 is 68.7 Å². The fraction of sp³-hybridized carbons (Fsp3) is 0.464. The maximum Gasteiger partial charge on any atom is 0.390 e. The Morgan fingerprint density at radius 3 is 2.17 bits per heavy atom. The summed E-state index contributed by atoms with van der Waals surface area (Å²) < 4.78 is 81.9. The van der Waals surface area contributed by atoms with Crippen LogP contribution in [-0.4, -0.2) is 65.5 Å². The van der Waals surface area contributed by atoms with Crippen molar-refractivity contribution < 1.29 is 50.6 Å². The largest absolute Gasteiger partial charge is 0.550 e. The van der Waals surface area contributed by atoms with Gasteiger partial charge in [0.25, 0.3) is 5.91 Å². The molecule has 1 aliphatic rings. The van der Waals surface area contributed by atoms with Gasteiger partial charge in [-0.25, -0.2) is 0 Å². The zero-order valence-corrected chi connectivity index (χ0v) is 22.4. The van der Waals surface area contributed by atoms with Crippen molar-refractivity contribution in [3.05, 3.63) is 64.7 Å². The van der Waals surface area contributed by atoms with Crippen LogP contribution in [0.25, 0.3) is 0 Å². The topological polar surface area (TPSA) is 116 Å². The molecule has 0 fully saturated rings. The number of fused-ring (bicyclic) bond motifs is 1. The smallest absolute Gasteiger partial charge is 0.390 e. The summed E-state index contributed by atoms with van der Waals surface area (Å²) in [6, 6.07) is 9.30. The summed E-state index contributed by atoms with van der Waals surface area (Å²) in [5.74, 6) is -1.40. The molecule has 230 valence electrons. The number of carbonyl (C=O) groups is 3. The summed E-state index contributed by atoms with van der Waals surface area (Å²) in [6.45, 7) is -1.15. The van der Waals surface area contributed by atoms with Gasteiger partial charge in [0.2, 0.25) is 0 Å². The molecule has 2 unspecified atom stereocenters. The Morgan fingerprint density at radius 2 is 1.62 bits per heavy atom. The molecule has 2 aromatic rings. The second kappa shape index (κ2) is 14.0. The van der Waals surface area contributed by atoms with Gasteiger partial charge in [0.05, 0.1) is 31.5 Å². The molecule has 0 saturated heterocycles. The molecule has 3 rings (SSSR count). The van der Waals surface area contributed by atoms with Gasteiger partial charge in [0.1, 0.15) is 18.6 Å². The number of alkyl halides is 6. The minimum atomic E-state index is -4.49. The maximum absolute atomic E-state index is 13.1. The van der Waals surface area contributed by atoms with E-state index in [1.54, 1.807) is 42.5 Å². The van der Waals surface area contributed by atoms with Crippen LogP contribution < -0.4 is 15.6 Å². The first-order valence-electron chi connectivity index (χ1n) is 13.1. The summed E-state index contributed by atoms with van der Waals surface area (Å²) in [4.78, 5) is 37.8. The van der Waals surface area contributed by atoms with Gasteiger partial charge in [-0.1, -0.05) is 30.3 Å². The lowest BCUT2D eigenvalue weighted by Gasteiger charge is -2.30. The Balaban J connectivity index is 1.66. The number of nitrogens with zero attached hydrogens (tertiary/aromatic N) is 2. The van der Waals surface area contributed by atoms with Crippen molar-refractivity contribution in [2.45, 2.75) is 69.8 Å². The van der Waals surface area contributed by atoms with E-state index >= 15 is 0 Å². The fourth-order valence-electron chi connectivity index (χ4n) is 4.64. The van der Waals surface area contributed by atoms with E-state index in [2.05, 4.69) is 0 Å². The van der Waals surface area contributed by atoms with Gasteiger partial charge in [-0.2, -0.15) is 26.3 Å². The number of nitrogens with two attached hydrogens (primary N) is 1. The number of amides is 1. The van der Waals surface area contributed by atoms with Crippen LogP contribution >= 0.6 is 0 Å². The highest BCUT2D eigenvalue weighted by Crippen LogP contribution is 2.34. The van der Waals surface area contributed by atoms with E-state index in [0.717, 1.165) is 4.90 Å². The molecule has 0 aliphatic carbocycles. The highest BCUT2D eigenvalue weighted by atomic mass is 19.4. The van der Waals surface area contributed by atoms with Gasteiger partial charge < -0.3 is 30.1 Å².